The number of rotatable bonds is 4. The van der Waals surface area contributed by atoms with E-state index in [0.29, 0.717) is 5.95 Å². The van der Waals surface area contributed by atoms with Gasteiger partial charge >= 0.3 is 0 Å². The Hall–Kier alpha value is -6.66. The monoisotopic (exact) mass is 614 g/mol. The topological polar surface area (TPSA) is 59.7 Å². The molecule has 6 heteroatoms. The molecule has 0 N–H and O–H groups in total. The molecule has 6 nitrogen and oxygen atoms in total. The van der Waals surface area contributed by atoms with E-state index in [4.69, 9.17) is 9.97 Å². The molecule has 0 spiro atoms. The van der Waals surface area contributed by atoms with Gasteiger partial charge in [0.15, 0.2) is 0 Å². The summed E-state index contributed by atoms with van der Waals surface area (Å²) in [4.78, 5) is 22.1. The van der Waals surface area contributed by atoms with Crippen LogP contribution in [-0.2, 0) is 0 Å². The number of fused-ring (bicyclic) bond motifs is 6. The maximum atomic E-state index is 5.18. The van der Waals surface area contributed by atoms with Crippen LogP contribution in [0.2, 0.25) is 0 Å². The Balaban J connectivity index is 1.33. The lowest BCUT2D eigenvalue weighted by Crippen LogP contribution is -2.15. The number of hydrogen-bond donors (Lipinski definition) is 0. The van der Waals surface area contributed by atoms with Crippen molar-refractivity contribution in [2.24, 2.45) is 0 Å². The Morgan fingerprint density at radius 3 is 1.88 bits per heavy atom. The van der Waals surface area contributed by atoms with Crippen molar-refractivity contribution >= 4 is 49.6 Å². The number of para-hydroxylation sites is 2. The zero-order valence-corrected chi connectivity index (χ0v) is 25.7. The predicted octanol–water partition coefficient (Wildman–Crippen LogP) is 10.3. The Bertz CT molecular complexity index is 2600. The Labute approximate surface area is 276 Å². The molecule has 5 heterocycles. The quantitative estimate of drug-likeness (QED) is 0.197. The third kappa shape index (κ3) is 3.93. The highest BCUT2D eigenvalue weighted by Crippen LogP contribution is 2.54. The van der Waals surface area contributed by atoms with E-state index in [-0.39, 0.29) is 0 Å². The molecule has 48 heavy (non-hydrogen) atoms. The molecule has 0 atom stereocenters. The van der Waals surface area contributed by atoms with Crippen molar-refractivity contribution in [3.05, 3.63) is 158 Å². The molecule has 1 aliphatic rings. The number of hydrogen-bond acceptors (Lipinski definition) is 5. The number of pyridine rings is 2. The lowest BCUT2D eigenvalue weighted by molar-refractivity contribution is 0.988. The van der Waals surface area contributed by atoms with Gasteiger partial charge in [-0.1, -0.05) is 84.9 Å². The third-order valence-electron chi connectivity index (χ3n) is 9.23. The molecule has 0 radical (unpaired) electrons. The molecule has 0 bridgehead atoms. The first-order valence-corrected chi connectivity index (χ1v) is 16.0. The van der Waals surface area contributed by atoms with E-state index in [1.807, 2.05) is 42.5 Å². The van der Waals surface area contributed by atoms with Gasteiger partial charge in [-0.15, -0.1) is 0 Å². The molecule has 5 aromatic carbocycles. The highest BCUT2D eigenvalue weighted by atomic mass is 15.2. The largest absolute Gasteiger partial charge is 0.309 e. The van der Waals surface area contributed by atoms with E-state index in [0.717, 1.165) is 61.6 Å². The van der Waals surface area contributed by atoms with Crippen LogP contribution >= 0.6 is 0 Å². The first-order valence-electron chi connectivity index (χ1n) is 16.0. The number of benzene rings is 5. The van der Waals surface area contributed by atoms with Gasteiger partial charge in [0, 0.05) is 39.8 Å². The van der Waals surface area contributed by atoms with Gasteiger partial charge in [0.25, 0.3) is 0 Å². The summed E-state index contributed by atoms with van der Waals surface area (Å²) < 4.78 is 2.19. The number of aromatic nitrogens is 5. The van der Waals surface area contributed by atoms with Gasteiger partial charge in [-0.2, -0.15) is 0 Å². The molecule has 0 unspecified atom stereocenters. The first kappa shape index (κ1) is 26.5. The summed E-state index contributed by atoms with van der Waals surface area (Å²) in [6.45, 7) is 0. The minimum Gasteiger partial charge on any atom is -0.309 e. The first-order chi connectivity index (χ1) is 23.8. The molecule has 0 amide bonds. The van der Waals surface area contributed by atoms with Gasteiger partial charge in [-0.3, -0.25) is 14.5 Å². The molecule has 224 valence electrons. The molecule has 10 rings (SSSR count). The molecule has 1 aliphatic heterocycles. The Kier molecular flexibility index (Phi) is 5.77. The number of anilines is 3. The summed E-state index contributed by atoms with van der Waals surface area (Å²) in [7, 11) is 0. The second-order valence-electron chi connectivity index (χ2n) is 11.9. The standard InChI is InChI=1S/C42H26N6/c1-2-14-28(15-3-1)47-37-21-11-13-27-12-10-17-29(39(27)37)30-22-23-38-40(41(30)47)31-16-4-5-20-36(31)48(38)42-45-34(32-18-6-8-24-43-32)26-35(46-42)33-19-7-9-25-44-33/h1-26H. The third-order valence-corrected chi connectivity index (χ3v) is 9.23. The molecular weight excluding hydrogens is 589 g/mol. The zero-order valence-electron chi connectivity index (χ0n) is 25.7. The van der Waals surface area contributed by atoms with Crippen molar-refractivity contribution in [2.45, 2.75) is 0 Å². The molecule has 4 aromatic heterocycles. The molecule has 0 saturated carbocycles. The molecule has 0 aliphatic carbocycles. The second kappa shape index (κ2) is 10.4. The Morgan fingerprint density at radius 1 is 0.458 bits per heavy atom. The van der Waals surface area contributed by atoms with Crippen molar-refractivity contribution in [3.63, 3.8) is 0 Å². The van der Waals surface area contributed by atoms with Crippen LogP contribution < -0.4 is 4.90 Å². The highest BCUT2D eigenvalue weighted by Gasteiger charge is 2.30. The normalized spacial score (nSPS) is 12.1. The fourth-order valence-electron chi connectivity index (χ4n) is 7.23. The van der Waals surface area contributed by atoms with Crippen LogP contribution in [0.15, 0.2) is 158 Å². The van der Waals surface area contributed by atoms with E-state index < -0.39 is 0 Å². The van der Waals surface area contributed by atoms with Crippen molar-refractivity contribution < 1.29 is 0 Å². The minimum atomic E-state index is 0.564. The van der Waals surface area contributed by atoms with Gasteiger partial charge in [0.2, 0.25) is 5.95 Å². The van der Waals surface area contributed by atoms with Crippen LogP contribution in [0, 0.1) is 0 Å². The average Bonchev–Trinajstić information content (AvgIpc) is 3.51. The second-order valence-corrected chi connectivity index (χ2v) is 11.9. The van der Waals surface area contributed by atoms with Gasteiger partial charge < -0.3 is 4.90 Å². The summed E-state index contributed by atoms with van der Waals surface area (Å²) in [5.41, 5.74) is 10.9. The fourth-order valence-corrected chi connectivity index (χ4v) is 7.23. The van der Waals surface area contributed by atoms with Crippen LogP contribution in [0.4, 0.5) is 17.1 Å². The van der Waals surface area contributed by atoms with Crippen LogP contribution in [0.1, 0.15) is 0 Å². The van der Waals surface area contributed by atoms with E-state index in [1.165, 1.54) is 21.9 Å². The lowest BCUT2D eigenvalue weighted by atomic mass is 9.89. The molecule has 0 saturated heterocycles. The smallest absolute Gasteiger partial charge is 0.235 e. The van der Waals surface area contributed by atoms with Crippen LogP contribution in [0.5, 0.6) is 0 Å². The average molecular weight is 615 g/mol. The zero-order chi connectivity index (χ0) is 31.6. The van der Waals surface area contributed by atoms with Crippen molar-refractivity contribution in [3.8, 4) is 39.9 Å². The summed E-state index contributed by atoms with van der Waals surface area (Å²) in [5.74, 6) is 0.564. The van der Waals surface area contributed by atoms with Crippen molar-refractivity contribution in [2.75, 3.05) is 4.90 Å². The molecule has 0 fully saturated rings. The van der Waals surface area contributed by atoms with Crippen LogP contribution in [0.25, 0.3) is 72.4 Å². The minimum absolute atomic E-state index is 0.564. The summed E-state index contributed by atoms with van der Waals surface area (Å²) in [6.07, 6.45) is 3.59. The maximum absolute atomic E-state index is 5.18. The molecule has 9 aromatic rings. The van der Waals surface area contributed by atoms with Gasteiger partial charge in [-0.05, 0) is 71.6 Å². The van der Waals surface area contributed by atoms with Gasteiger partial charge in [0.1, 0.15) is 0 Å². The predicted molar refractivity (Wildman–Crippen MR) is 194 cm³/mol. The van der Waals surface area contributed by atoms with E-state index >= 15 is 0 Å². The fraction of sp³-hybridized carbons (Fsp3) is 0. The Morgan fingerprint density at radius 2 is 1.15 bits per heavy atom. The van der Waals surface area contributed by atoms with Gasteiger partial charge in [-0.25, -0.2) is 9.97 Å². The summed E-state index contributed by atoms with van der Waals surface area (Å²) in [6, 6.07) is 50.6. The van der Waals surface area contributed by atoms with E-state index in [1.54, 1.807) is 12.4 Å². The van der Waals surface area contributed by atoms with E-state index in [9.17, 15) is 0 Å². The van der Waals surface area contributed by atoms with Crippen molar-refractivity contribution in [1.82, 2.24) is 24.5 Å². The van der Waals surface area contributed by atoms with Crippen molar-refractivity contribution in [1.29, 1.82) is 0 Å². The number of nitrogens with zero attached hydrogens (tertiary/aromatic N) is 6. The molecular formula is C42H26N6. The van der Waals surface area contributed by atoms with Gasteiger partial charge in [0.05, 0.1) is 45.2 Å². The summed E-state index contributed by atoms with van der Waals surface area (Å²) >= 11 is 0. The lowest BCUT2D eigenvalue weighted by Gasteiger charge is -2.34. The van der Waals surface area contributed by atoms with Crippen LogP contribution in [0.3, 0.4) is 0 Å². The SMILES string of the molecule is c1ccc(N2c3cccc4cccc(c34)-c3ccc4c(c32)c2ccccc2n4-c2nc(-c3ccccn3)cc(-c3ccccn3)n2)cc1. The van der Waals surface area contributed by atoms with Crippen LogP contribution in [-0.4, -0.2) is 24.5 Å². The maximum Gasteiger partial charge on any atom is 0.235 e. The van der Waals surface area contributed by atoms with E-state index in [2.05, 4.69) is 123 Å². The summed E-state index contributed by atoms with van der Waals surface area (Å²) in [5, 5.41) is 4.75. The highest BCUT2D eigenvalue weighted by molar-refractivity contribution is 6.24.